The molecule has 0 unspecified atom stereocenters. The van der Waals surface area contributed by atoms with Crippen LogP contribution in [0.5, 0.6) is 0 Å². The Kier molecular flexibility index (Phi) is 7.12. The highest BCUT2D eigenvalue weighted by atomic mass is 32.2. The van der Waals surface area contributed by atoms with Gasteiger partial charge in [-0.05, 0) is 45.0 Å². The number of benzene rings is 1. The summed E-state index contributed by atoms with van der Waals surface area (Å²) in [7, 11) is 0. The van der Waals surface area contributed by atoms with Gasteiger partial charge in [0.25, 0.3) is 5.91 Å². The molecule has 6 heteroatoms. The lowest BCUT2D eigenvalue weighted by Gasteiger charge is -2.34. The molecule has 2 rings (SSSR count). The molecule has 0 saturated carbocycles. The predicted molar refractivity (Wildman–Crippen MR) is 98.2 cm³/mol. The zero-order chi connectivity index (χ0) is 17.5. The number of nitrogens with zero attached hydrogens (tertiary/aromatic N) is 1. The fourth-order valence-electron chi connectivity index (χ4n) is 3.02. The Bertz CT molecular complexity index is 579. The summed E-state index contributed by atoms with van der Waals surface area (Å²) in [5.74, 6) is -0.465. The Morgan fingerprint density at radius 1 is 1.38 bits per heavy atom. The van der Waals surface area contributed by atoms with Crippen molar-refractivity contribution in [3.63, 3.8) is 0 Å². The number of thioether (sulfide) groups is 1. The van der Waals surface area contributed by atoms with Crippen LogP contribution in [0.4, 0.5) is 0 Å². The Balaban J connectivity index is 2.00. The molecule has 1 fully saturated rings. The number of carbonyl (C=O) groups excluding carboxylic acids is 2. The van der Waals surface area contributed by atoms with Crippen LogP contribution in [0.3, 0.4) is 0 Å². The Morgan fingerprint density at radius 2 is 2.12 bits per heavy atom. The van der Waals surface area contributed by atoms with Crippen LogP contribution in [0.1, 0.15) is 43.5 Å². The summed E-state index contributed by atoms with van der Waals surface area (Å²) in [4.78, 5) is 27.1. The number of hydrogen-bond acceptors (Lipinski definition) is 4. The van der Waals surface area contributed by atoms with E-state index in [9.17, 15) is 9.59 Å². The van der Waals surface area contributed by atoms with Gasteiger partial charge in [0.1, 0.15) is 0 Å². The quantitative estimate of drug-likeness (QED) is 0.741. The van der Waals surface area contributed by atoms with Crippen molar-refractivity contribution in [1.29, 1.82) is 0 Å². The fourth-order valence-corrected chi connectivity index (χ4v) is 3.96. The second kappa shape index (κ2) is 9.08. The lowest BCUT2D eigenvalue weighted by Crippen LogP contribution is -2.46. The molecule has 5 nitrogen and oxygen atoms in total. The molecule has 1 heterocycles. The molecule has 0 aliphatic carbocycles. The van der Waals surface area contributed by atoms with Crippen molar-refractivity contribution in [2.45, 2.75) is 49.3 Å². The van der Waals surface area contributed by atoms with Gasteiger partial charge in [0, 0.05) is 17.5 Å². The van der Waals surface area contributed by atoms with Gasteiger partial charge in [-0.15, -0.1) is 11.8 Å². The maximum Gasteiger partial charge on any atom is 0.252 e. The van der Waals surface area contributed by atoms with Gasteiger partial charge in [-0.2, -0.15) is 0 Å². The normalized spacial score (nSPS) is 19.7. The number of nitrogens with one attached hydrogen (secondary N) is 1. The predicted octanol–water partition coefficient (Wildman–Crippen LogP) is 2.26. The van der Waals surface area contributed by atoms with Gasteiger partial charge >= 0.3 is 0 Å². The number of likely N-dealkylation sites (tertiary alicyclic amines) is 1. The van der Waals surface area contributed by atoms with Crippen molar-refractivity contribution < 1.29 is 9.59 Å². The highest BCUT2D eigenvalue weighted by molar-refractivity contribution is 8.00. The maximum absolute atomic E-state index is 12.6. The lowest BCUT2D eigenvalue weighted by atomic mass is 10.0. The van der Waals surface area contributed by atoms with Gasteiger partial charge in [0.05, 0.1) is 10.8 Å². The third-order valence-corrected chi connectivity index (χ3v) is 5.69. The van der Waals surface area contributed by atoms with Crippen LogP contribution in [0, 0.1) is 0 Å². The van der Waals surface area contributed by atoms with Crippen LogP contribution in [-0.4, -0.2) is 47.6 Å². The summed E-state index contributed by atoms with van der Waals surface area (Å²) in [5, 5.41) is 2.70. The van der Waals surface area contributed by atoms with E-state index in [0.29, 0.717) is 18.2 Å². The van der Waals surface area contributed by atoms with Gasteiger partial charge in [0.15, 0.2) is 0 Å². The van der Waals surface area contributed by atoms with E-state index in [1.807, 2.05) is 18.2 Å². The Hall–Kier alpha value is -1.53. The Labute approximate surface area is 148 Å². The van der Waals surface area contributed by atoms with Gasteiger partial charge < -0.3 is 11.1 Å². The number of primary amides is 1. The third kappa shape index (κ3) is 4.98. The summed E-state index contributed by atoms with van der Waals surface area (Å²) < 4.78 is 0. The zero-order valence-electron chi connectivity index (χ0n) is 14.5. The third-order valence-electron chi connectivity index (χ3n) is 4.49. The first-order valence-electron chi connectivity index (χ1n) is 8.60. The fraction of sp³-hybridized carbons (Fsp3) is 0.556. The van der Waals surface area contributed by atoms with E-state index >= 15 is 0 Å². The van der Waals surface area contributed by atoms with Gasteiger partial charge in [-0.1, -0.05) is 25.5 Å². The van der Waals surface area contributed by atoms with Crippen LogP contribution in [0.15, 0.2) is 29.2 Å². The van der Waals surface area contributed by atoms with Crippen molar-refractivity contribution in [2.75, 3.05) is 19.6 Å². The average Bonchev–Trinajstić information content (AvgIpc) is 2.60. The minimum absolute atomic E-state index is 0.0867. The maximum atomic E-state index is 12.6. The van der Waals surface area contributed by atoms with Crippen molar-refractivity contribution in [2.24, 2.45) is 5.73 Å². The van der Waals surface area contributed by atoms with Crippen LogP contribution in [0.25, 0.3) is 0 Å². The van der Waals surface area contributed by atoms with Crippen molar-refractivity contribution >= 4 is 23.6 Å². The minimum atomic E-state index is -0.379. The van der Waals surface area contributed by atoms with Crippen molar-refractivity contribution in [3.8, 4) is 0 Å². The largest absolute Gasteiger partial charge is 0.369 e. The average molecular weight is 350 g/mol. The van der Waals surface area contributed by atoms with Crippen LogP contribution < -0.4 is 11.1 Å². The van der Waals surface area contributed by atoms with Crippen LogP contribution in [0.2, 0.25) is 0 Å². The standard InChI is InChI=1S/C18H27N3O2S/c1-3-21-11-7-6-8-14(21)12-20-18(23)15-9-4-5-10-16(15)24-13(2)17(19)22/h4-5,9-10,13-14H,3,6-8,11-12H2,1-2H3,(H2,19,22)(H,20,23)/t13-,14+/m1/s1. The molecule has 0 bridgehead atoms. The number of piperidine rings is 1. The van der Waals surface area contributed by atoms with E-state index in [1.54, 1.807) is 13.0 Å². The molecule has 1 saturated heterocycles. The first-order valence-corrected chi connectivity index (χ1v) is 9.48. The number of hydrogen-bond donors (Lipinski definition) is 2. The lowest BCUT2D eigenvalue weighted by molar-refractivity contribution is -0.117. The van der Waals surface area contributed by atoms with Crippen LogP contribution >= 0.6 is 11.8 Å². The molecule has 1 aliphatic rings. The number of amides is 2. The Morgan fingerprint density at radius 3 is 2.83 bits per heavy atom. The smallest absolute Gasteiger partial charge is 0.252 e. The highest BCUT2D eigenvalue weighted by Crippen LogP contribution is 2.26. The first kappa shape index (κ1) is 18.8. The number of rotatable bonds is 7. The van der Waals surface area contributed by atoms with Crippen molar-refractivity contribution in [1.82, 2.24) is 10.2 Å². The SMILES string of the molecule is CCN1CCCC[C@H]1CNC(=O)c1ccccc1S[C@H](C)C(N)=O. The van der Waals surface area contributed by atoms with Crippen molar-refractivity contribution in [3.05, 3.63) is 29.8 Å². The summed E-state index contributed by atoms with van der Waals surface area (Å²) in [5.41, 5.74) is 5.94. The number of likely N-dealkylation sites (N-methyl/N-ethyl adjacent to an activating group) is 1. The van der Waals surface area contributed by atoms with E-state index in [1.165, 1.54) is 24.6 Å². The summed E-state index contributed by atoms with van der Waals surface area (Å²) in [6.07, 6.45) is 3.59. The summed E-state index contributed by atoms with van der Waals surface area (Å²) in [6.45, 7) is 6.71. The monoisotopic (exact) mass is 349 g/mol. The second-order valence-electron chi connectivity index (χ2n) is 6.15. The zero-order valence-corrected chi connectivity index (χ0v) is 15.3. The molecule has 2 atom stereocenters. The summed E-state index contributed by atoms with van der Waals surface area (Å²) in [6, 6.07) is 7.78. The highest BCUT2D eigenvalue weighted by Gasteiger charge is 2.22. The molecular weight excluding hydrogens is 322 g/mol. The molecular formula is C18H27N3O2S. The molecule has 1 aromatic rings. The summed E-state index contributed by atoms with van der Waals surface area (Å²) >= 11 is 1.33. The van der Waals surface area contributed by atoms with Gasteiger partial charge in [-0.25, -0.2) is 0 Å². The molecule has 2 amide bonds. The van der Waals surface area contributed by atoms with E-state index in [0.717, 1.165) is 24.4 Å². The number of nitrogens with two attached hydrogens (primary N) is 1. The molecule has 0 aromatic heterocycles. The van der Waals surface area contributed by atoms with Crippen LogP contribution in [-0.2, 0) is 4.79 Å². The molecule has 24 heavy (non-hydrogen) atoms. The van der Waals surface area contributed by atoms with E-state index in [4.69, 9.17) is 5.73 Å². The first-order chi connectivity index (χ1) is 11.5. The molecule has 0 spiro atoms. The molecule has 1 aliphatic heterocycles. The topological polar surface area (TPSA) is 75.4 Å². The second-order valence-corrected chi connectivity index (χ2v) is 7.53. The van der Waals surface area contributed by atoms with E-state index < -0.39 is 0 Å². The van der Waals surface area contributed by atoms with E-state index in [2.05, 4.69) is 17.1 Å². The van der Waals surface area contributed by atoms with Gasteiger partial charge in [-0.3, -0.25) is 14.5 Å². The van der Waals surface area contributed by atoms with E-state index in [-0.39, 0.29) is 17.1 Å². The molecule has 1 aromatic carbocycles. The number of carbonyl (C=O) groups is 2. The molecule has 3 N–H and O–H groups in total. The minimum Gasteiger partial charge on any atom is -0.369 e. The van der Waals surface area contributed by atoms with Gasteiger partial charge in [0.2, 0.25) is 5.91 Å². The molecule has 132 valence electrons. The molecule has 0 radical (unpaired) electrons.